The minimum Gasteiger partial charge on any atom is -0.480 e. The standard InChI is InChI=1S/C13H17N3O5/c1-7(2)11(12(17)18)15-13(19)14-10-5-4-9(16(20)21)6-8(10)3/h4-7,11H,1-3H3,(H,17,18)(H2,14,15,19)/t11-/m0/s1. The highest BCUT2D eigenvalue weighted by Crippen LogP contribution is 2.21. The van der Waals surface area contributed by atoms with E-state index in [1.807, 2.05) is 0 Å². The zero-order valence-corrected chi connectivity index (χ0v) is 11.9. The Bertz CT molecular complexity index is 571. The molecule has 1 rings (SSSR count). The summed E-state index contributed by atoms with van der Waals surface area (Å²) >= 11 is 0. The topological polar surface area (TPSA) is 122 Å². The van der Waals surface area contributed by atoms with E-state index >= 15 is 0 Å². The maximum Gasteiger partial charge on any atom is 0.326 e. The van der Waals surface area contributed by atoms with Gasteiger partial charge in [0, 0.05) is 17.8 Å². The number of aryl methyl sites for hydroxylation is 1. The van der Waals surface area contributed by atoms with E-state index in [1.54, 1.807) is 20.8 Å². The average molecular weight is 295 g/mol. The van der Waals surface area contributed by atoms with Gasteiger partial charge in [-0.05, 0) is 24.5 Å². The number of carbonyl (C=O) groups excluding carboxylic acids is 1. The number of hydrogen-bond donors (Lipinski definition) is 3. The van der Waals surface area contributed by atoms with Gasteiger partial charge in [-0.25, -0.2) is 9.59 Å². The van der Waals surface area contributed by atoms with E-state index < -0.39 is 23.0 Å². The Morgan fingerprint density at radius 3 is 2.38 bits per heavy atom. The quantitative estimate of drug-likeness (QED) is 0.567. The van der Waals surface area contributed by atoms with Crippen LogP contribution in [0.4, 0.5) is 16.2 Å². The van der Waals surface area contributed by atoms with Crippen molar-refractivity contribution in [1.82, 2.24) is 5.32 Å². The van der Waals surface area contributed by atoms with Crippen LogP contribution in [0.25, 0.3) is 0 Å². The van der Waals surface area contributed by atoms with Gasteiger partial charge in [0.25, 0.3) is 5.69 Å². The number of hydrogen-bond acceptors (Lipinski definition) is 4. The van der Waals surface area contributed by atoms with Gasteiger partial charge >= 0.3 is 12.0 Å². The van der Waals surface area contributed by atoms with Gasteiger partial charge in [-0.1, -0.05) is 13.8 Å². The lowest BCUT2D eigenvalue weighted by atomic mass is 10.1. The monoisotopic (exact) mass is 295 g/mol. The van der Waals surface area contributed by atoms with Gasteiger partial charge in [-0.15, -0.1) is 0 Å². The van der Waals surface area contributed by atoms with Gasteiger partial charge in [0.15, 0.2) is 0 Å². The highest BCUT2D eigenvalue weighted by molar-refractivity contribution is 5.93. The number of carboxylic acids is 1. The molecular weight excluding hydrogens is 278 g/mol. The Hall–Kier alpha value is -2.64. The van der Waals surface area contributed by atoms with Crippen LogP contribution in [-0.4, -0.2) is 28.1 Å². The van der Waals surface area contributed by atoms with Gasteiger partial charge in [0.1, 0.15) is 6.04 Å². The minimum atomic E-state index is -1.12. The number of carbonyl (C=O) groups is 2. The normalized spacial score (nSPS) is 11.8. The molecule has 1 aromatic carbocycles. The Morgan fingerprint density at radius 2 is 1.95 bits per heavy atom. The summed E-state index contributed by atoms with van der Waals surface area (Å²) in [6.07, 6.45) is 0. The van der Waals surface area contributed by atoms with Crippen LogP contribution in [0, 0.1) is 23.0 Å². The molecule has 1 atom stereocenters. The molecule has 0 fully saturated rings. The van der Waals surface area contributed by atoms with Crippen LogP contribution in [0.15, 0.2) is 18.2 Å². The number of carboxylic acid groups (broad SMARTS) is 1. The third-order valence-corrected chi connectivity index (χ3v) is 2.89. The van der Waals surface area contributed by atoms with Gasteiger partial charge in [-0.3, -0.25) is 10.1 Å². The van der Waals surface area contributed by atoms with Crippen molar-refractivity contribution in [1.29, 1.82) is 0 Å². The van der Waals surface area contributed by atoms with Gasteiger partial charge in [0.05, 0.1) is 4.92 Å². The fraction of sp³-hybridized carbons (Fsp3) is 0.385. The molecule has 1 aromatic rings. The first kappa shape index (κ1) is 16.4. The van der Waals surface area contributed by atoms with Crippen LogP contribution in [-0.2, 0) is 4.79 Å². The summed E-state index contributed by atoms with van der Waals surface area (Å²) < 4.78 is 0. The van der Waals surface area contributed by atoms with Crippen molar-refractivity contribution in [2.45, 2.75) is 26.8 Å². The number of amides is 2. The van der Waals surface area contributed by atoms with E-state index in [1.165, 1.54) is 18.2 Å². The van der Waals surface area contributed by atoms with Gasteiger partial charge in [0.2, 0.25) is 0 Å². The first-order valence-corrected chi connectivity index (χ1v) is 6.27. The number of benzene rings is 1. The van der Waals surface area contributed by atoms with Crippen LogP contribution in [0.3, 0.4) is 0 Å². The molecular formula is C13H17N3O5. The smallest absolute Gasteiger partial charge is 0.326 e. The molecule has 0 aliphatic heterocycles. The Kier molecular flexibility index (Phi) is 5.23. The molecule has 0 unspecified atom stereocenters. The predicted octanol–water partition coefficient (Wildman–Crippen LogP) is 2.13. The predicted molar refractivity (Wildman–Crippen MR) is 76.2 cm³/mol. The number of nitro groups is 1. The summed E-state index contributed by atoms with van der Waals surface area (Å²) in [5.41, 5.74) is 0.811. The molecule has 0 spiro atoms. The Labute approximate surface area is 121 Å². The second kappa shape index (κ2) is 6.69. The number of urea groups is 1. The van der Waals surface area contributed by atoms with Crippen molar-refractivity contribution in [3.05, 3.63) is 33.9 Å². The van der Waals surface area contributed by atoms with E-state index in [0.717, 1.165) is 0 Å². The fourth-order valence-corrected chi connectivity index (χ4v) is 1.71. The number of nitro benzene ring substituents is 1. The lowest BCUT2D eigenvalue weighted by molar-refractivity contribution is -0.384. The minimum absolute atomic E-state index is 0.0796. The van der Waals surface area contributed by atoms with Crippen molar-refractivity contribution >= 4 is 23.4 Å². The van der Waals surface area contributed by atoms with Crippen LogP contribution in [0.5, 0.6) is 0 Å². The van der Waals surface area contributed by atoms with Gasteiger partial charge < -0.3 is 15.7 Å². The second-order valence-corrected chi connectivity index (χ2v) is 4.91. The first-order valence-electron chi connectivity index (χ1n) is 6.27. The third kappa shape index (κ3) is 4.44. The Balaban J connectivity index is 2.79. The van der Waals surface area contributed by atoms with Crippen LogP contribution in [0.2, 0.25) is 0 Å². The highest BCUT2D eigenvalue weighted by Gasteiger charge is 2.23. The fourth-order valence-electron chi connectivity index (χ4n) is 1.71. The number of rotatable bonds is 5. The summed E-state index contributed by atoms with van der Waals surface area (Å²) in [5.74, 6) is -1.40. The third-order valence-electron chi connectivity index (χ3n) is 2.89. The summed E-state index contributed by atoms with van der Waals surface area (Å²) in [7, 11) is 0. The van der Waals surface area contributed by atoms with Crippen molar-refractivity contribution in [2.24, 2.45) is 5.92 Å². The lowest BCUT2D eigenvalue weighted by Gasteiger charge is -2.18. The maximum absolute atomic E-state index is 11.8. The van der Waals surface area contributed by atoms with Crippen molar-refractivity contribution in [3.63, 3.8) is 0 Å². The number of anilines is 1. The number of nitrogens with zero attached hydrogens (tertiary/aromatic N) is 1. The molecule has 2 amide bonds. The van der Waals surface area contributed by atoms with E-state index in [4.69, 9.17) is 5.11 Å². The van der Waals surface area contributed by atoms with Crippen LogP contribution < -0.4 is 10.6 Å². The number of aliphatic carboxylic acids is 1. The van der Waals surface area contributed by atoms with Crippen molar-refractivity contribution in [3.8, 4) is 0 Å². The maximum atomic E-state index is 11.8. The largest absolute Gasteiger partial charge is 0.480 e. The van der Waals surface area contributed by atoms with E-state index in [9.17, 15) is 19.7 Å². The molecule has 0 radical (unpaired) electrons. The van der Waals surface area contributed by atoms with E-state index in [0.29, 0.717) is 11.3 Å². The highest BCUT2D eigenvalue weighted by atomic mass is 16.6. The van der Waals surface area contributed by atoms with E-state index in [2.05, 4.69) is 10.6 Å². The molecule has 0 aliphatic rings. The number of non-ortho nitro benzene ring substituents is 1. The van der Waals surface area contributed by atoms with Gasteiger partial charge in [-0.2, -0.15) is 0 Å². The van der Waals surface area contributed by atoms with Crippen LogP contribution >= 0.6 is 0 Å². The molecule has 0 aromatic heterocycles. The summed E-state index contributed by atoms with van der Waals surface area (Å²) in [6.45, 7) is 4.96. The molecule has 8 heteroatoms. The summed E-state index contributed by atoms with van der Waals surface area (Å²) in [6, 6.07) is 2.31. The molecule has 0 bridgehead atoms. The molecule has 8 nitrogen and oxygen atoms in total. The van der Waals surface area contributed by atoms with Crippen molar-refractivity contribution < 1.29 is 19.6 Å². The van der Waals surface area contributed by atoms with Crippen molar-refractivity contribution in [2.75, 3.05) is 5.32 Å². The molecule has 0 saturated carbocycles. The van der Waals surface area contributed by atoms with E-state index in [-0.39, 0.29) is 11.6 Å². The summed E-state index contributed by atoms with van der Waals surface area (Å²) in [5, 5.41) is 24.4. The molecule has 0 heterocycles. The SMILES string of the molecule is Cc1cc([N+](=O)[O-])ccc1NC(=O)N[C@H](C(=O)O)C(C)C. The molecule has 0 saturated heterocycles. The second-order valence-electron chi connectivity index (χ2n) is 4.91. The van der Waals surface area contributed by atoms with Crippen LogP contribution in [0.1, 0.15) is 19.4 Å². The first-order chi connectivity index (χ1) is 9.72. The molecule has 3 N–H and O–H groups in total. The zero-order valence-electron chi connectivity index (χ0n) is 11.9. The zero-order chi connectivity index (χ0) is 16.2. The molecule has 0 aliphatic carbocycles. The molecule has 21 heavy (non-hydrogen) atoms. The lowest BCUT2D eigenvalue weighted by Crippen LogP contribution is -2.46. The average Bonchev–Trinajstić information content (AvgIpc) is 2.37. The number of nitrogens with one attached hydrogen (secondary N) is 2. The Morgan fingerprint density at radius 1 is 1.33 bits per heavy atom. The molecule has 114 valence electrons. The summed E-state index contributed by atoms with van der Waals surface area (Å²) in [4.78, 5) is 32.9.